The van der Waals surface area contributed by atoms with Crippen molar-refractivity contribution >= 4 is 15.9 Å². The van der Waals surface area contributed by atoms with Gasteiger partial charge in [-0.1, -0.05) is 0 Å². The lowest BCUT2D eigenvalue weighted by Crippen LogP contribution is -2.45. The Morgan fingerprint density at radius 1 is 1.32 bits per heavy atom. The molecule has 0 aromatic heterocycles. The number of nitrogens with zero attached hydrogens (tertiary/aromatic N) is 1. The van der Waals surface area contributed by atoms with Crippen molar-refractivity contribution in [2.45, 2.75) is 45.2 Å². The van der Waals surface area contributed by atoms with Crippen LogP contribution in [0.15, 0.2) is 0 Å². The molecule has 0 aliphatic carbocycles. The zero-order valence-corrected chi connectivity index (χ0v) is 12.8. The van der Waals surface area contributed by atoms with Crippen LogP contribution >= 0.6 is 0 Å². The first-order valence-corrected chi connectivity index (χ1v) is 8.61. The molecule has 0 saturated carbocycles. The Labute approximate surface area is 116 Å². The van der Waals surface area contributed by atoms with Crippen LogP contribution in [0.25, 0.3) is 0 Å². The van der Waals surface area contributed by atoms with Gasteiger partial charge in [0.25, 0.3) is 0 Å². The van der Waals surface area contributed by atoms with Crippen molar-refractivity contribution in [1.29, 1.82) is 0 Å². The van der Waals surface area contributed by atoms with E-state index in [0.717, 1.165) is 12.8 Å². The molecule has 1 rings (SSSR count). The number of piperidine rings is 1. The Hall–Kier alpha value is -0.660. The molecule has 1 heterocycles. The molecule has 19 heavy (non-hydrogen) atoms. The molecule has 0 atom stereocenters. The second kappa shape index (κ2) is 7.21. The van der Waals surface area contributed by atoms with Crippen LogP contribution in [-0.4, -0.2) is 56.6 Å². The van der Waals surface area contributed by atoms with Gasteiger partial charge in [0.2, 0.25) is 15.9 Å². The summed E-state index contributed by atoms with van der Waals surface area (Å²) in [6, 6.07) is 0.482. The topological polar surface area (TPSA) is 78.5 Å². The predicted molar refractivity (Wildman–Crippen MR) is 75.3 cm³/mol. The third kappa shape index (κ3) is 6.35. The molecule has 0 radical (unpaired) electrons. The van der Waals surface area contributed by atoms with Gasteiger partial charge in [-0.2, -0.15) is 0 Å². The smallest absolute Gasteiger partial charge is 0.221 e. The van der Waals surface area contributed by atoms with Gasteiger partial charge in [-0.05, 0) is 26.7 Å². The van der Waals surface area contributed by atoms with E-state index >= 15 is 0 Å². The fraction of sp³-hybridized carbons (Fsp3) is 0.917. The largest absolute Gasteiger partial charge is 0.354 e. The summed E-state index contributed by atoms with van der Waals surface area (Å²) in [6.07, 6.45) is 3.32. The van der Waals surface area contributed by atoms with Crippen LogP contribution in [0, 0.1) is 0 Å². The summed E-state index contributed by atoms with van der Waals surface area (Å²) in [5.41, 5.74) is 0. The van der Waals surface area contributed by atoms with Gasteiger partial charge in [0.15, 0.2) is 0 Å². The van der Waals surface area contributed by atoms with E-state index in [4.69, 9.17) is 0 Å². The lowest BCUT2D eigenvalue weighted by molar-refractivity contribution is -0.121. The Morgan fingerprint density at radius 2 is 1.89 bits per heavy atom. The van der Waals surface area contributed by atoms with Crippen molar-refractivity contribution in [3.63, 3.8) is 0 Å². The van der Waals surface area contributed by atoms with E-state index in [1.807, 2.05) is 13.8 Å². The molecule has 7 heteroatoms. The molecule has 0 spiro atoms. The molecule has 0 aromatic carbocycles. The fourth-order valence-corrected chi connectivity index (χ4v) is 3.05. The zero-order valence-electron chi connectivity index (χ0n) is 12.0. The number of carbonyl (C=O) groups excluding carboxylic acids is 1. The second-order valence-corrected chi connectivity index (χ2v) is 7.35. The van der Waals surface area contributed by atoms with Crippen LogP contribution in [0.1, 0.15) is 33.1 Å². The van der Waals surface area contributed by atoms with Gasteiger partial charge in [0.1, 0.15) is 0 Å². The number of amides is 1. The number of hydrogen-bond acceptors (Lipinski definition) is 4. The lowest BCUT2D eigenvalue weighted by Gasteiger charge is -2.30. The standard InChI is InChI=1S/C12H25N3O3S/c1-10(2)14-12(16)4-7-13-11-5-8-15(9-6-11)19(3,17)18/h10-11,13H,4-9H2,1-3H3,(H,14,16). The SMILES string of the molecule is CC(C)NC(=O)CCNC1CCN(S(C)(=O)=O)CC1. The molecule has 1 amide bonds. The maximum absolute atomic E-state index is 11.4. The van der Waals surface area contributed by atoms with Gasteiger partial charge in [0, 0.05) is 38.1 Å². The summed E-state index contributed by atoms with van der Waals surface area (Å²) >= 11 is 0. The van der Waals surface area contributed by atoms with Gasteiger partial charge >= 0.3 is 0 Å². The van der Waals surface area contributed by atoms with Gasteiger partial charge < -0.3 is 10.6 Å². The maximum Gasteiger partial charge on any atom is 0.221 e. The normalized spacial score (nSPS) is 18.7. The summed E-state index contributed by atoms with van der Waals surface area (Å²) in [4.78, 5) is 11.4. The summed E-state index contributed by atoms with van der Waals surface area (Å²) in [5, 5.41) is 6.16. The molecule has 1 aliphatic rings. The number of rotatable bonds is 6. The zero-order chi connectivity index (χ0) is 14.5. The fourth-order valence-electron chi connectivity index (χ4n) is 2.18. The van der Waals surface area contributed by atoms with Crippen molar-refractivity contribution in [2.24, 2.45) is 0 Å². The summed E-state index contributed by atoms with van der Waals surface area (Å²) in [5.74, 6) is 0.0519. The quantitative estimate of drug-likeness (QED) is 0.717. The highest BCUT2D eigenvalue weighted by Gasteiger charge is 2.24. The highest BCUT2D eigenvalue weighted by Crippen LogP contribution is 2.12. The molecule has 1 saturated heterocycles. The minimum Gasteiger partial charge on any atom is -0.354 e. The van der Waals surface area contributed by atoms with Gasteiger partial charge in [0.05, 0.1) is 6.26 Å². The highest BCUT2D eigenvalue weighted by atomic mass is 32.2. The predicted octanol–water partition coefficient (Wildman–Crippen LogP) is -0.0853. The van der Waals surface area contributed by atoms with Gasteiger partial charge in [-0.25, -0.2) is 12.7 Å². The Kier molecular flexibility index (Phi) is 6.22. The second-order valence-electron chi connectivity index (χ2n) is 5.36. The molecule has 0 aromatic rings. The van der Waals surface area contributed by atoms with E-state index in [2.05, 4.69) is 10.6 Å². The van der Waals surface area contributed by atoms with E-state index in [9.17, 15) is 13.2 Å². The van der Waals surface area contributed by atoms with E-state index in [0.29, 0.717) is 32.1 Å². The summed E-state index contributed by atoms with van der Waals surface area (Å²) in [6.45, 7) is 5.64. The number of hydrogen-bond donors (Lipinski definition) is 2. The molecule has 1 fully saturated rings. The number of carbonyl (C=O) groups is 1. The minimum atomic E-state index is -3.06. The van der Waals surface area contributed by atoms with Crippen LogP contribution < -0.4 is 10.6 Å². The average molecular weight is 291 g/mol. The monoisotopic (exact) mass is 291 g/mol. The van der Waals surface area contributed by atoms with Crippen LogP contribution in [0.4, 0.5) is 0 Å². The van der Waals surface area contributed by atoms with Crippen molar-refractivity contribution < 1.29 is 13.2 Å². The Balaban J connectivity index is 2.18. The van der Waals surface area contributed by atoms with E-state index in [-0.39, 0.29) is 11.9 Å². The molecule has 112 valence electrons. The molecule has 6 nitrogen and oxygen atoms in total. The van der Waals surface area contributed by atoms with Crippen molar-refractivity contribution in [2.75, 3.05) is 25.9 Å². The minimum absolute atomic E-state index is 0.0519. The highest BCUT2D eigenvalue weighted by molar-refractivity contribution is 7.88. The van der Waals surface area contributed by atoms with E-state index < -0.39 is 10.0 Å². The molecule has 0 unspecified atom stereocenters. The van der Waals surface area contributed by atoms with Crippen LogP contribution in [-0.2, 0) is 14.8 Å². The summed E-state index contributed by atoms with van der Waals surface area (Å²) in [7, 11) is -3.06. The number of nitrogens with one attached hydrogen (secondary N) is 2. The molecule has 2 N–H and O–H groups in total. The van der Waals surface area contributed by atoms with E-state index in [1.54, 1.807) is 0 Å². The summed E-state index contributed by atoms with van der Waals surface area (Å²) < 4.78 is 24.2. The van der Waals surface area contributed by atoms with E-state index in [1.165, 1.54) is 10.6 Å². The first kappa shape index (κ1) is 16.4. The molecule has 1 aliphatic heterocycles. The first-order valence-electron chi connectivity index (χ1n) is 6.77. The average Bonchev–Trinajstić information content (AvgIpc) is 2.27. The van der Waals surface area contributed by atoms with Crippen molar-refractivity contribution in [3.8, 4) is 0 Å². The molecular formula is C12H25N3O3S. The Bertz CT molecular complexity index is 387. The molecular weight excluding hydrogens is 266 g/mol. The van der Waals surface area contributed by atoms with Crippen LogP contribution in [0.3, 0.4) is 0 Å². The Morgan fingerprint density at radius 3 is 2.37 bits per heavy atom. The van der Waals surface area contributed by atoms with Gasteiger partial charge in [-0.3, -0.25) is 4.79 Å². The van der Waals surface area contributed by atoms with Gasteiger partial charge in [-0.15, -0.1) is 0 Å². The van der Waals surface area contributed by atoms with Crippen molar-refractivity contribution in [1.82, 2.24) is 14.9 Å². The third-order valence-corrected chi connectivity index (χ3v) is 4.46. The van der Waals surface area contributed by atoms with Crippen LogP contribution in [0.2, 0.25) is 0 Å². The third-order valence-electron chi connectivity index (χ3n) is 3.16. The number of sulfonamides is 1. The van der Waals surface area contributed by atoms with Crippen molar-refractivity contribution in [3.05, 3.63) is 0 Å². The maximum atomic E-state index is 11.4. The van der Waals surface area contributed by atoms with Crippen LogP contribution in [0.5, 0.6) is 0 Å². The molecule has 0 bridgehead atoms. The first-order chi connectivity index (χ1) is 8.79. The lowest BCUT2D eigenvalue weighted by atomic mass is 10.1.